The van der Waals surface area contributed by atoms with Crippen LogP contribution in [0.5, 0.6) is 0 Å². The minimum atomic E-state index is -4.60. The summed E-state index contributed by atoms with van der Waals surface area (Å²) in [7, 11) is -8.16. The van der Waals surface area contributed by atoms with E-state index in [-0.39, 0.29) is 36.1 Å². The maximum Gasteiger partial charge on any atom is 1.00 e. The van der Waals surface area contributed by atoms with Gasteiger partial charge in [-0.05, 0) is 0 Å². The second-order valence-corrected chi connectivity index (χ2v) is 6.94. The standard InChI is InChI=1S/C6H12N2O7S2.Na/c1-16(11,12)7-2-4(9)6(10)8-3-5(8)17(13,14)15;/h4-5,7,9H,2-3H2,1H3,(H,13,14,15);/q;+1/p-1. The van der Waals surface area contributed by atoms with Gasteiger partial charge in [0.05, 0.1) is 12.8 Å². The summed E-state index contributed by atoms with van der Waals surface area (Å²) in [5.41, 5.74) is 0. The van der Waals surface area contributed by atoms with Crippen LogP contribution in [0.1, 0.15) is 0 Å². The van der Waals surface area contributed by atoms with E-state index in [9.17, 15) is 31.3 Å². The largest absolute Gasteiger partial charge is 1.00 e. The van der Waals surface area contributed by atoms with Gasteiger partial charge in [0.1, 0.15) is 21.6 Å². The Morgan fingerprint density at radius 2 is 2.00 bits per heavy atom. The van der Waals surface area contributed by atoms with E-state index < -0.39 is 44.1 Å². The van der Waals surface area contributed by atoms with Crippen LogP contribution in [0.2, 0.25) is 0 Å². The molecule has 100 valence electrons. The number of nitrogens with one attached hydrogen (secondary N) is 1. The van der Waals surface area contributed by atoms with Crippen LogP contribution in [0.15, 0.2) is 0 Å². The van der Waals surface area contributed by atoms with Gasteiger partial charge in [-0.1, -0.05) is 0 Å². The number of aliphatic hydroxyl groups excluding tert-OH is 1. The number of nitrogens with zero attached hydrogens (tertiary/aromatic N) is 1. The molecule has 1 aliphatic rings. The summed E-state index contributed by atoms with van der Waals surface area (Å²) in [6.07, 6.45) is -0.872. The van der Waals surface area contributed by atoms with Gasteiger partial charge in [-0.15, -0.1) is 0 Å². The molecule has 1 rings (SSSR count). The van der Waals surface area contributed by atoms with Crippen molar-refractivity contribution in [1.82, 2.24) is 9.62 Å². The average molecular weight is 310 g/mol. The minimum Gasteiger partial charge on any atom is -0.746 e. The molecule has 1 heterocycles. The van der Waals surface area contributed by atoms with Crippen LogP contribution >= 0.6 is 0 Å². The van der Waals surface area contributed by atoms with E-state index in [2.05, 4.69) is 0 Å². The molecule has 12 heteroatoms. The van der Waals surface area contributed by atoms with E-state index >= 15 is 0 Å². The fraction of sp³-hybridized carbons (Fsp3) is 0.833. The first-order chi connectivity index (χ1) is 7.52. The van der Waals surface area contributed by atoms with Gasteiger partial charge in [-0.3, -0.25) is 4.79 Å². The Hall–Kier alpha value is 0.250. The normalized spacial score (nSPS) is 21.1. The van der Waals surface area contributed by atoms with E-state index in [1.807, 2.05) is 4.72 Å². The van der Waals surface area contributed by atoms with Crippen molar-refractivity contribution in [3.8, 4) is 0 Å². The van der Waals surface area contributed by atoms with Gasteiger partial charge in [-0.2, -0.15) is 0 Å². The Balaban J connectivity index is 0.00000289. The van der Waals surface area contributed by atoms with E-state index in [0.29, 0.717) is 4.90 Å². The predicted molar refractivity (Wildman–Crippen MR) is 54.1 cm³/mol. The summed E-state index contributed by atoms with van der Waals surface area (Å²) in [5, 5.41) is 7.80. The number of aliphatic hydroxyl groups is 1. The fourth-order valence-electron chi connectivity index (χ4n) is 1.11. The topological polar surface area (TPSA) is 144 Å². The zero-order valence-corrected chi connectivity index (χ0v) is 13.4. The van der Waals surface area contributed by atoms with Gasteiger partial charge in [0.2, 0.25) is 10.0 Å². The van der Waals surface area contributed by atoms with Crippen LogP contribution in [0.25, 0.3) is 0 Å². The Bertz CT molecular complexity index is 516. The Labute approximate surface area is 127 Å². The summed E-state index contributed by atoms with van der Waals surface area (Å²) in [6, 6.07) is 0. The number of rotatable bonds is 5. The number of hydrogen-bond donors (Lipinski definition) is 2. The van der Waals surface area contributed by atoms with E-state index in [1.54, 1.807) is 0 Å². The maximum absolute atomic E-state index is 11.3. The Morgan fingerprint density at radius 3 is 2.33 bits per heavy atom. The van der Waals surface area contributed by atoms with Crippen LogP contribution in [0.3, 0.4) is 0 Å². The fourth-order valence-corrected chi connectivity index (χ4v) is 2.33. The molecular formula is C6H11N2NaO7S2. The van der Waals surface area contributed by atoms with Gasteiger partial charge in [0.25, 0.3) is 5.91 Å². The summed E-state index contributed by atoms with van der Waals surface area (Å²) in [5.74, 6) is -0.995. The van der Waals surface area contributed by atoms with Crippen LogP contribution in [0.4, 0.5) is 0 Å². The van der Waals surface area contributed by atoms with Crippen molar-refractivity contribution < 1.29 is 60.8 Å². The molecule has 2 unspecified atom stereocenters. The monoisotopic (exact) mass is 310 g/mol. The van der Waals surface area contributed by atoms with Gasteiger partial charge in [0.15, 0.2) is 0 Å². The molecule has 18 heavy (non-hydrogen) atoms. The van der Waals surface area contributed by atoms with Gasteiger partial charge >= 0.3 is 29.6 Å². The van der Waals surface area contributed by atoms with E-state index in [0.717, 1.165) is 6.26 Å². The van der Waals surface area contributed by atoms with Crippen molar-refractivity contribution in [2.75, 3.05) is 19.3 Å². The Kier molecular flexibility index (Phi) is 6.22. The molecule has 0 spiro atoms. The van der Waals surface area contributed by atoms with Gasteiger partial charge in [-0.25, -0.2) is 21.6 Å². The average Bonchev–Trinajstić information content (AvgIpc) is 2.90. The van der Waals surface area contributed by atoms with Crippen LogP contribution in [-0.2, 0) is 24.9 Å². The van der Waals surface area contributed by atoms with Crippen LogP contribution < -0.4 is 34.3 Å². The third-order valence-corrected chi connectivity index (χ3v) is 3.77. The SMILES string of the molecule is CS(=O)(=O)NCC(O)C(=O)N1CC1S(=O)(=O)[O-].[Na+]. The molecule has 0 aromatic heterocycles. The molecule has 1 saturated heterocycles. The predicted octanol–water partition coefficient (Wildman–Crippen LogP) is -6.39. The molecule has 2 N–H and O–H groups in total. The second-order valence-electron chi connectivity index (χ2n) is 3.57. The molecule has 0 aliphatic carbocycles. The van der Waals surface area contributed by atoms with E-state index in [4.69, 9.17) is 0 Å². The number of carbonyl (C=O) groups excluding carboxylic acids is 1. The molecule has 1 aliphatic heterocycles. The number of carbonyl (C=O) groups is 1. The summed E-state index contributed by atoms with van der Waals surface area (Å²) in [6.45, 7) is -0.847. The summed E-state index contributed by atoms with van der Waals surface area (Å²) >= 11 is 0. The van der Waals surface area contributed by atoms with Crippen molar-refractivity contribution in [3.63, 3.8) is 0 Å². The van der Waals surface area contributed by atoms with Gasteiger partial charge in [0, 0.05) is 6.54 Å². The van der Waals surface area contributed by atoms with Crippen LogP contribution in [0, 0.1) is 0 Å². The third-order valence-electron chi connectivity index (χ3n) is 2.01. The summed E-state index contributed by atoms with van der Waals surface area (Å²) < 4.78 is 54.8. The molecule has 1 amide bonds. The molecule has 1 fully saturated rings. The molecule has 0 bridgehead atoms. The maximum atomic E-state index is 11.3. The molecule has 0 aromatic rings. The summed E-state index contributed by atoms with van der Waals surface area (Å²) in [4.78, 5) is 12.0. The number of sulfonamides is 1. The van der Waals surface area contributed by atoms with Crippen molar-refractivity contribution in [1.29, 1.82) is 0 Å². The first kappa shape index (κ1) is 18.2. The number of hydrogen-bond acceptors (Lipinski definition) is 7. The first-order valence-corrected chi connectivity index (χ1v) is 7.76. The molecule has 0 radical (unpaired) electrons. The van der Waals surface area contributed by atoms with Crippen LogP contribution in [-0.4, -0.2) is 68.1 Å². The zero-order chi connectivity index (χ0) is 13.4. The van der Waals surface area contributed by atoms with Crippen molar-refractivity contribution in [2.24, 2.45) is 0 Å². The molecule has 2 atom stereocenters. The molecule has 9 nitrogen and oxygen atoms in total. The molecule has 0 saturated carbocycles. The first-order valence-electron chi connectivity index (χ1n) is 4.40. The quantitative estimate of drug-likeness (QED) is 0.292. The molecular weight excluding hydrogens is 299 g/mol. The minimum absolute atomic E-state index is 0. The van der Waals surface area contributed by atoms with Crippen molar-refractivity contribution in [2.45, 2.75) is 11.5 Å². The van der Waals surface area contributed by atoms with Crippen molar-refractivity contribution >= 4 is 26.0 Å². The number of amides is 1. The van der Waals surface area contributed by atoms with Gasteiger partial charge < -0.3 is 14.6 Å². The zero-order valence-electron chi connectivity index (χ0n) is 9.73. The van der Waals surface area contributed by atoms with Crippen molar-refractivity contribution in [3.05, 3.63) is 0 Å². The Morgan fingerprint density at radius 1 is 1.50 bits per heavy atom. The molecule has 0 aromatic carbocycles. The van der Waals surface area contributed by atoms with E-state index in [1.165, 1.54) is 0 Å². The smallest absolute Gasteiger partial charge is 0.746 e. The third kappa shape index (κ3) is 5.48. The second kappa shape index (κ2) is 6.13.